The van der Waals surface area contributed by atoms with Crippen LogP contribution in [0.1, 0.15) is 0 Å². The van der Waals surface area contributed by atoms with E-state index in [1.807, 2.05) is 17.5 Å². The summed E-state index contributed by atoms with van der Waals surface area (Å²) in [5.74, 6) is 0. The van der Waals surface area contributed by atoms with Crippen LogP contribution in [-0.2, 0) is 0 Å². The Kier molecular flexibility index (Phi) is 2.28. The monoisotopic (exact) mass is 204 g/mol. The maximum Gasteiger partial charge on any atom is 0.270 e. The number of thiophene rings is 1. The normalized spacial score (nSPS) is 10.0. The quantitative estimate of drug-likeness (QED) is 0.557. The first-order valence-corrected chi connectivity index (χ1v) is 4.85. The van der Waals surface area contributed by atoms with Crippen LogP contribution in [0.15, 0.2) is 35.7 Å². The molecular weight excluding hydrogens is 198 g/mol. The van der Waals surface area contributed by atoms with Gasteiger partial charge in [0.25, 0.3) is 5.69 Å². The van der Waals surface area contributed by atoms with Crippen molar-refractivity contribution in [2.45, 2.75) is 0 Å². The van der Waals surface area contributed by atoms with Crippen LogP contribution in [0.5, 0.6) is 0 Å². The Balaban J connectivity index is 2.46. The van der Waals surface area contributed by atoms with E-state index in [0.717, 1.165) is 11.1 Å². The third kappa shape index (κ3) is 1.65. The molecule has 1 heterocycles. The standard InChI is InChI=1S/C10H6NO2S/c12-11(13)10-3-1-2-8(6-10)9-4-5-14-7-9/h1-6H. The fraction of sp³-hybridized carbons (Fsp3) is 0. The minimum Gasteiger partial charge on any atom is -0.258 e. The molecule has 0 aliphatic carbocycles. The molecule has 0 atom stereocenters. The molecule has 1 aromatic heterocycles. The van der Waals surface area contributed by atoms with Crippen LogP contribution in [0.25, 0.3) is 11.1 Å². The molecule has 0 bridgehead atoms. The van der Waals surface area contributed by atoms with E-state index in [1.54, 1.807) is 12.1 Å². The highest BCUT2D eigenvalue weighted by atomic mass is 32.1. The number of hydrogen-bond donors (Lipinski definition) is 0. The van der Waals surface area contributed by atoms with E-state index in [9.17, 15) is 10.1 Å². The number of nitrogens with zero attached hydrogens (tertiary/aromatic N) is 1. The molecule has 0 amide bonds. The van der Waals surface area contributed by atoms with Gasteiger partial charge in [0, 0.05) is 17.7 Å². The summed E-state index contributed by atoms with van der Waals surface area (Å²) in [7, 11) is 0. The number of hydrogen-bond acceptors (Lipinski definition) is 3. The van der Waals surface area contributed by atoms with E-state index in [1.165, 1.54) is 17.4 Å². The Morgan fingerprint density at radius 1 is 1.36 bits per heavy atom. The lowest BCUT2D eigenvalue weighted by Crippen LogP contribution is -1.87. The average Bonchev–Trinajstić information content (AvgIpc) is 2.71. The third-order valence-electron chi connectivity index (χ3n) is 1.84. The van der Waals surface area contributed by atoms with E-state index in [2.05, 4.69) is 5.38 Å². The van der Waals surface area contributed by atoms with Gasteiger partial charge in [0.1, 0.15) is 0 Å². The lowest BCUT2D eigenvalue weighted by atomic mass is 10.1. The minimum atomic E-state index is -0.393. The molecular formula is C10H6NO2S. The van der Waals surface area contributed by atoms with E-state index >= 15 is 0 Å². The van der Waals surface area contributed by atoms with Crippen LogP contribution in [0.4, 0.5) is 5.69 Å². The first-order chi connectivity index (χ1) is 6.77. The number of nitro benzene ring substituents is 1. The predicted molar refractivity (Wildman–Crippen MR) is 55.2 cm³/mol. The van der Waals surface area contributed by atoms with Crippen molar-refractivity contribution in [2.24, 2.45) is 0 Å². The van der Waals surface area contributed by atoms with Crippen molar-refractivity contribution in [1.82, 2.24) is 0 Å². The second kappa shape index (κ2) is 3.59. The van der Waals surface area contributed by atoms with Crippen molar-refractivity contribution in [2.75, 3.05) is 0 Å². The Hall–Kier alpha value is -1.68. The van der Waals surface area contributed by atoms with Gasteiger partial charge in [0.15, 0.2) is 0 Å². The second-order valence-corrected chi connectivity index (χ2v) is 3.46. The van der Waals surface area contributed by atoms with Gasteiger partial charge < -0.3 is 0 Å². The van der Waals surface area contributed by atoms with E-state index in [-0.39, 0.29) is 5.69 Å². The molecule has 3 nitrogen and oxygen atoms in total. The summed E-state index contributed by atoms with van der Waals surface area (Å²) in [5.41, 5.74) is 1.85. The molecule has 0 saturated carbocycles. The first kappa shape index (κ1) is 8.90. The summed E-state index contributed by atoms with van der Waals surface area (Å²) in [6, 6.07) is 8.45. The highest BCUT2D eigenvalue weighted by Crippen LogP contribution is 2.24. The molecule has 1 radical (unpaired) electrons. The number of rotatable bonds is 2. The van der Waals surface area contributed by atoms with Crippen LogP contribution >= 0.6 is 11.3 Å². The van der Waals surface area contributed by atoms with E-state index in [0.29, 0.717) is 0 Å². The van der Waals surface area contributed by atoms with Crippen molar-refractivity contribution in [3.63, 3.8) is 0 Å². The zero-order chi connectivity index (χ0) is 9.97. The zero-order valence-corrected chi connectivity index (χ0v) is 7.95. The van der Waals surface area contributed by atoms with E-state index < -0.39 is 4.92 Å². The van der Waals surface area contributed by atoms with E-state index in [4.69, 9.17) is 0 Å². The average molecular weight is 204 g/mol. The first-order valence-electron chi connectivity index (χ1n) is 3.97. The molecule has 0 unspecified atom stereocenters. The maximum atomic E-state index is 10.5. The van der Waals surface area contributed by atoms with Gasteiger partial charge in [-0.05, 0) is 17.0 Å². The van der Waals surface area contributed by atoms with Gasteiger partial charge in [-0.15, -0.1) is 11.3 Å². The van der Waals surface area contributed by atoms with Crippen LogP contribution in [0.2, 0.25) is 0 Å². The van der Waals surface area contributed by atoms with Gasteiger partial charge in [0.05, 0.1) is 10.3 Å². The fourth-order valence-corrected chi connectivity index (χ4v) is 1.76. The number of non-ortho nitro benzene ring substituents is 1. The third-order valence-corrected chi connectivity index (χ3v) is 2.45. The van der Waals surface area contributed by atoms with Crippen molar-refractivity contribution < 1.29 is 4.92 Å². The van der Waals surface area contributed by atoms with Gasteiger partial charge in [0.2, 0.25) is 0 Å². The second-order valence-electron chi connectivity index (χ2n) is 2.74. The molecule has 0 spiro atoms. The Morgan fingerprint density at radius 3 is 2.86 bits per heavy atom. The van der Waals surface area contributed by atoms with Gasteiger partial charge in [-0.2, -0.15) is 0 Å². The largest absolute Gasteiger partial charge is 0.270 e. The van der Waals surface area contributed by atoms with Crippen LogP contribution in [0.3, 0.4) is 0 Å². The molecule has 2 rings (SSSR count). The summed E-state index contributed by atoms with van der Waals surface area (Å²) in [5, 5.41) is 15.5. The highest BCUT2D eigenvalue weighted by molar-refractivity contribution is 7.07. The van der Waals surface area contributed by atoms with Gasteiger partial charge in [-0.25, -0.2) is 0 Å². The van der Waals surface area contributed by atoms with Crippen LogP contribution in [0, 0.1) is 15.5 Å². The SMILES string of the molecule is O=[N+]([O-])c1cccc(-c2[c]scc2)c1. The van der Waals surface area contributed by atoms with Crippen molar-refractivity contribution >= 4 is 17.0 Å². The molecule has 2 aromatic rings. The highest BCUT2D eigenvalue weighted by Gasteiger charge is 2.06. The lowest BCUT2D eigenvalue weighted by Gasteiger charge is -1.96. The fourth-order valence-electron chi connectivity index (χ4n) is 1.18. The van der Waals surface area contributed by atoms with Crippen molar-refractivity contribution in [3.05, 3.63) is 51.2 Å². The van der Waals surface area contributed by atoms with Crippen molar-refractivity contribution in [3.8, 4) is 11.1 Å². The smallest absolute Gasteiger partial charge is 0.258 e. The molecule has 14 heavy (non-hydrogen) atoms. The minimum absolute atomic E-state index is 0.113. The van der Waals surface area contributed by atoms with Crippen LogP contribution < -0.4 is 0 Å². The zero-order valence-electron chi connectivity index (χ0n) is 7.14. The summed E-state index contributed by atoms with van der Waals surface area (Å²) >= 11 is 1.45. The summed E-state index contributed by atoms with van der Waals surface area (Å²) in [6.45, 7) is 0. The summed E-state index contributed by atoms with van der Waals surface area (Å²) < 4.78 is 0. The molecule has 0 N–H and O–H groups in total. The van der Waals surface area contributed by atoms with Gasteiger partial charge in [-0.1, -0.05) is 12.1 Å². The van der Waals surface area contributed by atoms with Crippen LogP contribution in [-0.4, -0.2) is 4.92 Å². The predicted octanol–water partition coefficient (Wildman–Crippen LogP) is 3.12. The Morgan fingerprint density at radius 2 is 2.21 bits per heavy atom. The number of benzene rings is 1. The molecule has 1 aromatic carbocycles. The lowest BCUT2D eigenvalue weighted by molar-refractivity contribution is -0.384. The number of nitro groups is 1. The Bertz CT molecular complexity index is 451. The maximum absolute atomic E-state index is 10.5. The molecule has 0 saturated heterocycles. The van der Waals surface area contributed by atoms with Crippen molar-refractivity contribution in [1.29, 1.82) is 0 Å². The van der Waals surface area contributed by atoms with Gasteiger partial charge in [-0.3, -0.25) is 10.1 Å². The molecule has 69 valence electrons. The molecule has 0 fully saturated rings. The Labute approximate surface area is 84.8 Å². The molecule has 0 aliphatic heterocycles. The molecule has 4 heteroatoms. The summed E-state index contributed by atoms with van der Waals surface area (Å²) in [6.07, 6.45) is 0. The topological polar surface area (TPSA) is 43.1 Å². The molecule has 0 aliphatic rings. The summed E-state index contributed by atoms with van der Waals surface area (Å²) in [4.78, 5) is 10.1. The van der Waals surface area contributed by atoms with Gasteiger partial charge >= 0.3 is 0 Å².